The van der Waals surface area contributed by atoms with Crippen LogP contribution in [0.1, 0.15) is 457 Å². The van der Waals surface area contributed by atoms with E-state index in [0.717, 1.165) is 57.8 Å². The Balaban J connectivity index is 4.03. The van der Waals surface area contributed by atoms with Crippen LogP contribution in [0.4, 0.5) is 0 Å². The van der Waals surface area contributed by atoms with Gasteiger partial charge in [-0.15, -0.1) is 0 Å². The molecule has 0 aliphatic carbocycles. The quantitative estimate of drug-likeness (QED) is 0.0343. The largest absolute Gasteiger partial charge is 0.462 e. The highest BCUT2D eigenvalue weighted by Gasteiger charge is 2.20. The Morgan fingerprint density at radius 2 is 0.325 bits per heavy atom. The first-order chi connectivity index (χ1) is 41.0. The summed E-state index contributed by atoms with van der Waals surface area (Å²) in [6.45, 7) is 6.74. The number of esters is 3. The molecule has 0 fully saturated rings. The van der Waals surface area contributed by atoms with Gasteiger partial charge in [0.2, 0.25) is 0 Å². The maximum Gasteiger partial charge on any atom is 0.306 e. The van der Waals surface area contributed by atoms with Crippen LogP contribution in [-0.4, -0.2) is 37.2 Å². The van der Waals surface area contributed by atoms with Crippen molar-refractivity contribution in [3.8, 4) is 0 Å². The average Bonchev–Trinajstić information content (AvgIpc) is 3.49. The minimum atomic E-state index is -0.763. The van der Waals surface area contributed by atoms with Crippen molar-refractivity contribution in [3.63, 3.8) is 0 Å². The van der Waals surface area contributed by atoms with E-state index in [4.69, 9.17) is 14.2 Å². The highest BCUT2D eigenvalue weighted by Crippen LogP contribution is 2.20. The molecule has 0 aromatic heterocycles. The number of hydrogen-bond acceptors (Lipinski definition) is 6. The number of hydrogen-bond donors (Lipinski definition) is 0. The lowest BCUT2D eigenvalue weighted by Crippen LogP contribution is -2.30. The van der Waals surface area contributed by atoms with Crippen LogP contribution in [0.15, 0.2) is 0 Å². The summed E-state index contributed by atoms with van der Waals surface area (Å²) in [6, 6.07) is 0. The number of unbranched alkanes of at least 4 members (excludes halogenated alkanes) is 62. The van der Waals surface area contributed by atoms with Crippen LogP contribution in [0.3, 0.4) is 0 Å². The molecule has 0 aliphatic heterocycles. The Bertz CT molecular complexity index is 1250. The fourth-order valence-corrected chi connectivity index (χ4v) is 12.3. The zero-order valence-corrected chi connectivity index (χ0v) is 57.0. The van der Waals surface area contributed by atoms with Gasteiger partial charge in [-0.2, -0.15) is 0 Å². The van der Waals surface area contributed by atoms with Crippen molar-refractivity contribution in [1.82, 2.24) is 0 Å². The summed E-state index contributed by atoms with van der Waals surface area (Å²) in [6.07, 6.45) is 87.5. The zero-order valence-electron chi connectivity index (χ0n) is 57.0. The molecule has 0 rings (SSSR count). The van der Waals surface area contributed by atoms with Crippen LogP contribution in [0.2, 0.25) is 0 Å². The highest BCUT2D eigenvalue weighted by atomic mass is 16.6. The molecule has 0 N–H and O–H groups in total. The van der Waals surface area contributed by atoms with Crippen molar-refractivity contribution < 1.29 is 28.6 Å². The predicted octanol–water partition coefficient (Wildman–Crippen LogP) is 26.6. The molecule has 0 amide bonds. The van der Waals surface area contributed by atoms with Crippen LogP contribution in [0.5, 0.6) is 0 Å². The fraction of sp³-hybridized carbons (Fsp3) is 0.961. The van der Waals surface area contributed by atoms with Crippen LogP contribution < -0.4 is 0 Å². The number of carbonyl (C=O) groups excluding carboxylic acids is 3. The molecule has 0 heterocycles. The van der Waals surface area contributed by atoms with Crippen molar-refractivity contribution in [2.75, 3.05) is 13.2 Å². The van der Waals surface area contributed by atoms with Gasteiger partial charge >= 0.3 is 17.9 Å². The molecule has 6 heteroatoms. The first-order valence-corrected chi connectivity index (χ1v) is 38.5. The molecule has 0 bridgehead atoms. The fourth-order valence-electron chi connectivity index (χ4n) is 12.3. The molecule has 0 aromatic carbocycles. The van der Waals surface area contributed by atoms with Crippen LogP contribution in [0, 0.1) is 0 Å². The Labute approximate surface area is 520 Å². The minimum absolute atomic E-state index is 0.0602. The van der Waals surface area contributed by atoms with Gasteiger partial charge in [-0.05, 0) is 19.3 Å². The maximum absolute atomic E-state index is 12.9. The van der Waals surface area contributed by atoms with E-state index < -0.39 is 6.10 Å². The Morgan fingerprint density at radius 3 is 0.482 bits per heavy atom. The van der Waals surface area contributed by atoms with E-state index in [1.54, 1.807) is 0 Å². The van der Waals surface area contributed by atoms with E-state index in [0.29, 0.717) is 19.3 Å². The van der Waals surface area contributed by atoms with Gasteiger partial charge in [0.1, 0.15) is 13.2 Å². The molecular formula is C77H150O6. The van der Waals surface area contributed by atoms with Gasteiger partial charge in [0.05, 0.1) is 0 Å². The smallest absolute Gasteiger partial charge is 0.306 e. The van der Waals surface area contributed by atoms with Crippen LogP contribution >= 0.6 is 0 Å². The third-order valence-electron chi connectivity index (χ3n) is 18.1. The van der Waals surface area contributed by atoms with Crippen molar-refractivity contribution in [3.05, 3.63) is 0 Å². The van der Waals surface area contributed by atoms with Gasteiger partial charge in [-0.1, -0.05) is 419 Å². The molecule has 0 radical (unpaired) electrons. The molecule has 0 aliphatic rings. The molecule has 0 spiro atoms. The molecule has 1 atom stereocenters. The SMILES string of the molecule is CCCCCCCCCCCCCCCCCCCCCCCCCCCCCCCCCCCCC(=O)OCC(COC(=O)CCCCCCCCCCCCCC)OC(=O)CCCCCCCCCCCCCCCCCCCCC. The summed E-state index contributed by atoms with van der Waals surface area (Å²) in [5.41, 5.74) is 0. The summed E-state index contributed by atoms with van der Waals surface area (Å²) < 4.78 is 17.0. The van der Waals surface area contributed by atoms with E-state index in [9.17, 15) is 14.4 Å². The number of ether oxygens (including phenoxy) is 3. The molecule has 0 saturated carbocycles. The Kier molecular flexibility index (Phi) is 71.5. The van der Waals surface area contributed by atoms with Gasteiger partial charge in [-0.3, -0.25) is 14.4 Å². The molecular weight excluding hydrogens is 1020 g/mol. The van der Waals surface area contributed by atoms with Gasteiger partial charge in [-0.25, -0.2) is 0 Å². The Hall–Kier alpha value is -1.59. The van der Waals surface area contributed by atoms with Crippen molar-refractivity contribution in [2.24, 2.45) is 0 Å². The minimum Gasteiger partial charge on any atom is -0.462 e. The summed E-state index contributed by atoms with van der Waals surface area (Å²) >= 11 is 0. The maximum atomic E-state index is 12.9. The second-order valence-corrected chi connectivity index (χ2v) is 26.6. The first-order valence-electron chi connectivity index (χ1n) is 38.5. The molecule has 83 heavy (non-hydrogen) atoms. The van der Waals surface area contributed by atoms with Gasteiger partial charge in [0.25, 0.3) is 0 Å². The van der Waals surface area contributed by atoms with E-state index in [-0.39, 0.29) is 31.1 Å². The topological polar surface area (TPSA) is 78.9 Å². The monoisotopic (exact) mass is 1170 g/mol. The van der Waals surface area contributed by atoms with E-state index in [1.165, 1.54) is 360 Å². The summed E-state index contributed by atoms with van der Waals surface area (Å²) in [5.74, 6) is -0.819. The molecule has 0 saturated heterocycles. The van der Waals surface area contributed by atoms with Crippen molar-refractivity contribution in [2.45, 2.75) is 463 Å². The lowest BCUT2D eigenvalue weighted by molar-refractivity contribution is -0.167. The molecule has 6 nitrogen and oxygen atoms in total. The third-order valence-corrected chi connectivity index (χ3v) is 18.1. The molecule has 0 aromatic rings. The van der Waals surface area contributed by atoms with Crippen molar-refractivity contribution in [1.29, 1.82) is 0 Å². The standard InChI is InChI=1S/C77H150O6/c1-4-7-10-13-16-19-22-25-27-29-31-32-33-34-35-36-37-38-39-40-41-42-43-44-45-47-48-50-52-55-58-61-64-67-70-76(79)82-73-74(72-81-75(78)69-66-63-60-57-54-24-21-18-15-12-9-6-3)83-77(80)71-68-65-62-59-56-53-51-49-46-30-28-26-23-20-17-14-11-8-5-2/h74H,4-73H2,1-3H3. The first kappa shape index (κ1) is 81.4. The average molecular weight is 1170 g/mol. The summed E-state index contributed by atoms with van der Waals surface area (Å²) in [7, 11) is 0. The van der Waals surface area contributed by atoms with Crippen LogP contribution in [-0.2, 0) is 28.6 Å². The van der Waals surface area contributed by atoms with Crippen molar-refractivity contribution >= 4 is 17.9 Å². The number of rotatable bonds is 73. The number of carbonyl (C=O) groups is 3. The summed E-state index contributed by atoms with van der Waals surface area (Å²) in [5, 5.41) is 0. The molecule has 494 valence electrons. The normalized spacial score (nSPS) is 11.9. The zero-order chi connectivity index (χ0) is 59.9. The predicted molar refractivity (Wildman–Crippen MR) is 363 cm³/mol. The lowest BCUT2D eigenvalue weighted by atomic mass is 10.0. The second-order valence-electron chi connectivity index (χ2n) is 26.6. The van der Waals surface area contributed by atoms with E-state index in [2.05, 4.69) is 20.8 Å². The highest BCUT2D eigenvalue weighted by molar-refractivity contribution is 5.71. The van der Waals surface area contributed by atoms with E-state index in [1.807, 2.05) is 0 Å². The van der Waals surface area contributed by atoms with Gasteiger partial charge in [0.15, 0.2) is 6.10 Å². The second kappa shape index (κ2) is 72.9. The third kappa shape index (κ3) is 71.1. The Morgan fingerprint density at radius 1 is 0.193 bits per heavy atom. The molecule has 1 unspecified atom stereocenters. The summed E-state index contributed by atoms with van der Waals surface area (Å²) in [4.78, 5) is 38.4. The van der Waals surface area contributed by atoms with E-state index >= 15 is 0 Å². The van der Waals surface area contributed by atoms with Crippen LogP contribution in [0.25, 0.3) is 0 Å². The van der Waals surface area contributed by atoms with Gasteiger partial charge in [0, 0.05) is 19.3 Å². The van der Waals surface area contributed by atoms with Gasteiger partial charge < -0.3 is 14.2 Å². The lowest BCUT2D eigenvalue weighted by Gasteiger charge is -2.18.